The Morgan fingerprint density at radius 3 is 2.71 bits per heavy atom. The van der Waals surface area contributed by atoms with E-state index in [1.807, 2.05) is 55.5 Å². The summed E-state index contributed by atoms with van der Waals surface area (Å²) in [6, 6.07) is 16.2. The number of ether oxygens (including phenoxy) is 1. The minimum atomic E-state index is -0.377. The zero-order valence-electron chi connectivity index (χ0n) is 23.0. The second-order valence-corrected chi connectivity index (χ2v) is 11.6. The Morgan fingerprint density at radius 1 is 1.14 bits per heavy atom. The predicted molar refractivity (Wildman–Crippen MR) is 165 cm³/mol. The number of carbonyl (C=O) groups is 3. The van der Waals surface area contributed by atoms with Crippen molar-refractivity contribution in [3.8, 4) is 11.5 Å². The first-order valence-electron chi connectivity index (χ1n) is 13.6. The van der Waals surface area contributed by atoms with E-state index in [9.17, 15) is 14.4 Å². The number of pyridine rings is 1. The summed E-state index contributed by atoms with van der Waals surface area (Å²) < 4.78 is 5.97. The average Bonchev–Trinajstić information content (AvgIpc) is 3.37. The fraction of sp³-hybridized carbons (Fsp3) is 0.226. The minimum Gasteiger partial charge on any atom is -0.457 e. The van der Waals surface area contributed by atoms with Gasteiger partial charge in [0.25, 0.3) is 11.8 Å². The number of rotatable bonds is 6. The van der Waals surface area contributed by atoms with Gasteiger partial charge < -0.3 is 20.3 Å². The van der Waals surface area contributed by atoms with Crippen molar-refractivity contribution in [1.29, 1.82) is 0 Å². The van der Waals surface area contributed by atoms with Crippen molar-refractivity contribution in [3.05, 3.63) is 82.3 Å². The highest BCUT2D eigenvalue weighted by Crippen LogP contribution is 2.46. The predicted octanol–water partition coefficient (Wildman–Crippen LogP) is 6.94. The van der Waals surface area contributed by atoms with Crippen molar-refractivity contribution in [1.82, 2.24) is 15.2 Å². The number of allylic oxidation sites excluding steroid dienone is 1. The quantitative estimate of drug-likeness (QED) is 0.233. The molecule has 2 aromatic heterocycles. The summed E-state index contributed by atoms with van der Waals surface area (Å²) in [5, 5.41) is 6.87. The lowest BCUT2D eigenvalue weighted by atomic mass is 10.0. The molecule has 6 rings (SSSR count). The zero-order chi connectivity index (χ0) is 29.4. The van der Waals surface area contributed by atoms with Gasteiger partial charge in [0.1, 0.15) is 26.2 Å². The number of thiophene rings is 1. The van der Waals surface area contributed by atoms with Crippen LogP contribution >= 0.6 is 22.9 Å². The number of benzene rings is 2. The maximum Gasteiger partial charge on any atom is 0.331 e. The van der Waals surface area contributed by atoms with Crippen LogP contribution in [-0.2, 0) is 4.79 Å². The molecule has 9 nitrogen and oxygen atoms in total. The van der Waals surface area contributed by atoms with E-state index in [2.05, 4.69) is 15.6 Å². The van der Waals surface area contributed by atoms with E-state index in [1.54, 1.807) is 35.1 Å². The summed E-state index contributed by atoms with van der Waals surface area (Å²) in [6.45, 7) is 4.58. The molecule has 0 spiro atoms. The molecule has 2 aliphatic heterocycles. The third-order valence-corrected chi connectivity index (χ3v) is 8.82. The molecule has 214 valence electrons. The summed E-state index contributed by atoms with van der Waals surface area (Å²) in [4.78, 5) is 48.4. The smallest absolute Gasteiger partial charge is 0.331 e. The van der Waals surface area contributed by atoms with Crippen molar-refractivity contribution < 1.29 is 19.1 Å². The first-order chi connectivity index (χ1) is 20.3. The van der Waals surface area contributed by atoms with E-state index in [1.165, 1.54) is 11.3 Å². The number of piperidine rings is 1. The molecule has 0 aliphatic carbocycles. The van der Waals surface area contributed by atoms with Crippen LogP contribution in [-0.4, -0.2) is 46.9 Å². The van der Waals surface area contributed by atoms with Crippen LogP contribution < -0.4 is 20.3 Å². The molecule has 0 bridgehead atoms. The number of likely N-dealkylation sites (tertiary alicyclic amines) is 1. The van der Waals surface area contributed by atoms with Crippen molar-refractivity contribution in [2.24, 2.45) is 0 Å². The van der Waals surface area contributed by atoms with Crippen LogP contribution in [0.2, 0.25) is 0 Å². The number of aryl methyl sites for hydroxylation is 1. The molecular formula is C31H28ClN5O4S. The highest BCUT2D eigenvalue weighted by Gasteiger charge is 2.34. The number of para-hydroxylation sites is 1. The lowest BCUT2D eigenvalue weighted by Crippen LogP contribution is -2.49. The van der Waals surface area contributed by atoms with Crippen molar-refractivity contribution in [3.63, 3.8) is 0 Å². The normalized spacial score (nSPS) is 16.8. The SMILES string of the molecule is C/C=C(\Cl)C(=O)N1CCC[C@@H](NC(=O)c2sc3nccc4c3c2NC(=O)N4c2ccc(Oc3ccccc3)cc2C)C1. The molecule has 1 atom stereocenters. The van der Waals surface area contributed by atoms with Crippen LogP contribution in [0.25, 0.3) is 10.2 Å². The molecule has 11 heteroatoms. The lowest BCUT2D eigenvalue weighted by molar-refractivity contribution is -0.127. The number of nitrogens with zero attached hydrogens (tertiary/aromatic N) is 3. The first-order valence-corrected chi connectivity index (χ1v) is 14.8. The molecule has 4 heterocycles. The van der Waals surface area contributed by atoms with E-state index in [0.717, 1.165) is 24.2 Å². The summed E-state index contributed by atoms with van der Waals surface area (Å²) in [5.74, 6) is 0.818. The van der Waals surface area contributed by atoms with Gasteiger partial charge in [-0.3, -0.25) is 14.5 Å². The monoisotopic (exact) mass is 601 g/mol. The van der Waals surface area contributed by atoms with Crippen molar-refractivity contribution >= 4 is 68.1 Å². The van der Waals surface area contributed by atoms with Crippen LogP contribution in [0.5, 0.6) is 11.5 Å². The van der Waals surface area contributed by atoms with Gasteiger partial charge in [-0.25, -0.2) is 9.78 Å². The maximum absolute atomic E-state index is 13.6. The Bertz CT molecular complexity index is 1740. The molecule has 42 heavy (non-hydrogen) atoms. The molecule has 4 aromatic rings. The molecule has 0 saturated carbocycles. The highest BCUT2D eigenvalue weighted by atomic mass is 35.5. The highest BCUT2D eigenvalue weighted by molar-refractivity contribution is 7.21. The number of halogens is 1. The molecule has 2 aromatic carbocycles. The molecule has 0 radical (unpaired) electrons. The third kappa shape index (κ3) is 5.19. The number of carbonyl (C=O) groups excluding carboxylic acids is 3. The maximum atomic E-state index is 13.6. The van der Waals surface area contributed by atoms with E-state index in [0.29, 0.717) is 51.0 Å². The number of aromatic nitrogens is 1. The molecule has 0 unspecified atom stereocenters. The van der Waals surface area contributed by atoms with Gasteiger partial charge in [-0.1, -0.05) is 35.9 Å². The van der Waals surface area contributed by atoms with Crippen LogP contribution in [0.4, 0.5) is 21.9 Å². The summed E-state index contributed by atoms with van der Waals surface area (Å²) >= 11 is 7.28. The standard InChI is InChI=1S/C31H28ClN5O4S/c1-3-22(32)30(39)36-15-7-8-19(17-36)34-28(38)27-26-25-24(13-14-33-29(25)42-27)37(31(40)35-26)23-12-11-21(16-18(23)2)41-20-9-5-4-6-10-20/h3-6,9-14,16,19H,7-8,15,17H2,1-2H3,(H,34,38)(H,35,40)/b22-3-/t19-/m1/s1. The van der Waals surface area contributed by atoms with E-state index < -0.39 is 0 Å². The topological polar surface area (TPSA) is 104 Å². The van der Waals surface area contributed by atoms with Gasteiger partial charge in [-0.2, -0.15) is 0 Å². The second kappa shape index (κ2) is 11.5. The summed E-state index contributed by atoms with van der Waals surface area (Å²) in [5.41, 5.74) is 2.62. The van der Waals surface area contributed by atoms with Crippen LogP contribution in [0, 0.1) is 6.92 Å². The summed E-state index contributed by atoms with van der Waals surface area (Å²) in [7, 11) is 0. The average molecular weight is 602 g/mol. The van der Waals surface area contributed by atoms with Crippen molar-refractivity contribution in [2.45, 2.75) is 32.7 Å². The number of urea groups is 1. The van der Waals surface area contributed by atoms with Gasteiger partial charge in [-0.05, 0) is 68.7 Å². The Morgan fingerprint density at radius 2 is 1.95 bits per heavy atom. The Balaban J connectivity index is 1.27. The van der Waals surface area contributed by atoms with Gasteiger partial charge in [0.2, 0.25) is 0 Å². The van der Waals surface area contributed by atoms with Crippen LogP contribution in [0.15, 0.2) is 71.9 Å². The van der Waals surface area contributed by atoms with Crippen molar-refractivity contribution in [2.75, 3.05) is 23.3 Å². The van der Waals surface area contributed by atoms with E-state index in [4.69, 9.17) is 16.3 Å². The van der Waals surface area contributed by atoms with Gasteiger partial charge in [0.15, 0.2) is 0 Å². The molecule has 1 fully saturated rings. The number of hydrogen-bond donors (Lipinski definition) is 2. The fourth-order valence-corrected chi connectivity index (χ4v) is 6.50. The number of anilines is 3. The first kappa shape index (κ1) is 27.7. The number of amides is 4. The Kier molecular flexibility index (Phi) is 7.57. The Labute approximate surface area is 251 Å². The van der Waals surface area contributed by atoms with E-state index in [-0.39, 0.29) is 28.9 Å². The molecule has 2 N–H and O–H groups in total. The van der Waals surface area contributed by atoms with Gasteiger partial charge >= 0.3 is 6.03 Å². The van der Waals surface area contributed by atoms with E-state index >= 15 is 0 Å². The Hall–Kier alpha value is -4.41. The fourth-order valence-electron chi connectivity index (χ4n) is 5.36. The molecular weight excluding hydrogens is 574 g/mol. The number of hydrogen-bond acceptors (Lipinski definition) is 6. The largest absolute Gasteiger partial charge is 0.457 e. The van der Waals surface area contributed by atoms with Gasteiger partial charge in [-0.15, -0.1) is 11.3 Å². The zero-order valence-corrected chi connectivity index (χ0v) is 24.6. The van der Waals surface area contributed by atoms with Crippen LogP contribution in [0.1, 0.15) is 35.0 Å². The van der Waals surface area contributed by atoms with Gasteiger partial charge in [0.05, 0.1) is 22.4 Å². The molecule has 2 aliphatic rings. The van der Waals surface area contributed by atoms with Crippen LogP contribution in [0.3, 0.4) is 0 Å². The lowest BCUT2D eigenvalue weighted by Gasteiger charge is -2.33. The minimum absolute atomic E-state index is 0.162. The summed E-state index contributed by atoms with van der Waals surface area (Å²) in [6.07, 6.45) is 4.69. The second-order valence-electron chi connectivity index (χ2n) is 10.1. The number of nitrogens with one attached hydrogen (secondary N) is 2. The van der Waals surface area contributed by atoms with Gasteiger partial charge in [0, 0.05) is 25.3 Å². The molecule has 1 saturated heterocycles. The third-order valence-electron chi connectivity index (χ3n) is 7.34. The molecule has 4 amide bonds.